The van der Waals surface area contributed by atoms with Crippen molar-refractivity contribution in [2.75, 3.05) is 0 Å². The number of nitrogens with one attached hydrogen (secondary N) is 1. The van der Waals surface area contributed by atoms with E-state index in [4.69, 9.17) is 4.42 Å². The molecule has 0 fully saturated rings. The fourth-order valence-electron chi connectivity index (χ4n) is 2.21. The second kappa shape index (κ2) is 7.12. The van der Waals surface area contributed by atoms with Crippen molar-refractivity contribution in [3.05, 3.63) is 65.8 Å². The van der Waals surface area contributed by atoms with E-state index in [1.807, 2.05) is 6.92 Å². The van der Waals surface area contributed by atoms with Crippen molar-refractivity contribution in [3.63, 3.8) is 0 Å². The quantitative estimate of drug-likeness (QED) is 0.730. The molecule has 0 aliphatic heterocycles. The van der Waals surface area contributed by atoms with Crippen LogP contribution in [0.4, 0.5) is 4.39 Å². The molecule has 2 aromatic carbocycles. The summed E-state index contributed by atoms with van der Waals surface area (Å²) in [6, 6.07) is 12.6. The monoisotopic (exact) mass is 361 g/mol. The average Bonchev–Trinajstić information content (AvgIpc) is 3.09. The molecule has 0 bridgehead atoms. The third-order valence-corrected chi connectivity index (χ3v) is 5.04. The summed E-state index contributed by atoms with van der Waals surface area (Å²) in [5, 5.41) is 7.50. The normalized spacial score (nSPS) is 11.6. The number of aromatic nitrogens is 2. The molecule has 0 aliphatic carbocycles. The van der Waals surface area contributed by atoms with Crippen LogP contribution in [-0.4, -0.2) is 18.6 Å². The second-order valence-corrected chi connectivity index (χ2v) is 7.07. The number of halogens is 1. The minimum absolute atomic E-state index is 0.000373. The maximum Gasteiger partial charge on any atom is 0.250 e. The molecule has 1 aromatic heterocycles. The number of nitrogens with zero attached hydrogens (tertiary/aromatic N) is 2. The van der Waals surface area contributed by atoms with Crippen LogP contribution in [0.1, 0.15) is 18.4 Å². The molecule has 1 N–H and O–H groups in total. The molecule has 3 aromatic rings. The fraction of sp³-hybridized carbons (Fsp3) is 0.176. The summed E-state index contributed by atoms with van der Waals surface area (Å²) in [5.74, 6) is -0.444. The van der Waals surface area contributed by atoms with E-state index < -0.39 is 15.8 Å². The summed E-state index contributed by atoms with van der Waals surface area (Å²) >= 11 is 0. The van der Waals surface area contributed by atoms with Crippen molar-refractivity contribution in [1.82, 2.24) is 14.9 Å². The summed E-state index contributed by atoms with van der Waals surface area (Å²) in [5.41, 5.74) is 1.21. The molecule has 130 valence electrons. The van der Waals surface area contributed by atoms with Crippen molar-refractivity contribution in [2.45, 2.75) is 24.8 Å². The molecule has 6 nitrogen and oxygen atoms in total. The van der Waals surface area contributed by atoms with E-state index >= 15 is 0 Å². The Kier molecular flexibility index (Phi) is 4.91. The van der Waals surface area contributed by atoms with Gasteiger partial charge in [0.05, 0.1) is 17.0 Å². The summed E-state index contributed by atoms with van der Waals surface area (Å²) < 4.78 is 46.0. The number of benzene rings is 2. The Morgan fingerprint density at radius 2 is 1.80 bits per heavy atom. The van der Waals surface area contributed by atoms with E-state index in [0.29, 0.717) is 0 Å². The standard InChI is InChI=1S/C17H16FN3O3S/c1-2-12-7-9-13(10-8-12)25(22,23)19-11-16-20-21-17(24-16)14-5-3-4-6-15(14)18/h3-10,19H,2,11H2,1H3. The largest absolute Gasteiger partial charge is 0.419 e. The van der Waals surface area contributed by atoms with Crippen LogP contribution in [0.2, 0.25) is 0 Å². The van der Waals surface area contributed by atoms with E-state index in [0.717, 1.165) is 12.0 Å². The molecule has 1 heterocycles. The molecule has 0 radical (unpaired) electrons. The smallest absolute Gasteiger partial charge is 0.250 e. The highest BCUT2D eigenvalue weighted by Crippen LogP contribution is 2.21. The Bertz CT molecular complexity index is 969. The van der Waals surface area contributed by atoms with Crippen molar-refractivity contribution in [2.24, 2.45) is 0 Å². The maximum absolute atomic E-state index is 13.7. The van der Waals surface area contributed by atoms with Crippen molar-refractivity contribution < 1.29 is 17.2 Å². The van der Waals surface area contributed by atoms with Gasteiger partial charge >= 0.3 is 0 Å². The first-order valence-corrected chi connectivity index (χ1v) is 9.14. The summed E-state index contributed by atoms with van der Waals surface area (Å²) in [7, 11) is -3.70. The van der Waals surface area contributed by atoms with Crippen molar-refractivity contribution in [1.29, 1.82) is 0 Å². The third kappa shape index (κ3) is 3.92. The van der Waals surface area contributed by atoms with Crippen LogP contribution in [0.5, 0.6) is 0 Å². The van der Waals surface area contributed by atoms with Crippen molar-refractivity contribution in [3.8, 4) is 11.5 Å². The fourth-order valence-corrected chi connectivity index (χ4v) is 3.19. The van der Waals surface area contributed by atoms with E-state index in [9.17, 15) is 12.8 Å². The number of aryl methyl sites for hydroxylation is 1. The zero-order valence-electron chi connectivity index (χ0n) is 13.4. The van der Waals surface area contributed by atoms with Gasteiger partial charge < -0.3 is 4.42 Å². The lowest BCUT2D eigenvalue weighted by atomic mass is 10.2. The van der Waals surface area contributed by atoms with Gasteiger partial charge in [-0.25, -0.2) is 17.5 Å². The van der Waals surface area contributed by atoms with Crippen LogP contribution in [0.15, 0.2) is 57.8 Å². The number of rotatable bonds is 6. The summed E-state index contributed by atoms with van der Waals surface area (Å²) in [4.78, 5) is 0.151. The highest BCUT2D eigenvalue weighted by Gasteiger charge is 2.17. The minimum atomic E-state index is -3.70. The topological polar surface area (TPSA) is 85.1 Å². The lowest BCUT2D eigenvalue weighted by molar-refractivity contribution is 0.491. The Hall–Kier alpha value is -2.58. The lowest BCUT2D eigenvalue weighted by Crippen LogP contribution is -2.23. The summed E-state index contributed by atoms with van der Waals surface area (Å²) in [6.45, 7) is 1.81. The molecule has 0 saturated carbocycles. The van der Waals surface area contributed by atoms with Gasteiger partial charge in [0.15, 0.2) is 0 Å². The number of hydrogen-bond donors (Lipinski definition) is 1. The lowest BCUT2D eigenvalue weighted by Gasteiger charge is -2.05. The van der Waals surface area contributed by atoms with Gasteiger partial charge in [0, 0.05) is 0 Å². The first-order chi connectivity index (χ1) is 12.0. The molecule has 0 amide bonds. The van der Waals surface area contributed by atoms with Gasteiger partial charge in [-0.1, -0.05) is 31.2 Å². The Balaban J connectivity index is 1.72. The molecular weight excluding hydrogens is 345 g/mol. The molecule has 0 spiro atoms. The van der Waals surface area contributed by atoms with Crippen LogP contribution >= 0.6 is 0 Å². The van der Waals surface area contributed by atoms with E-state index in [1.165, 1.54) is 12.1 Å². The van der Waals surface area contributed by atoms with Crippen LogP contribution in [0, 0.1) is 5.82 Å². The molecule has 25 heavy (non-hydrogen) atoms. The highest BCUT2D eigenvalue weighted by molar-refractivity contribution is 7.89. The van der Waals surface area contributed by atoms with E-state index in [1.54, 1.807) is 36.4 Å². The molecule has 3 rings (SSSR count). The Morgan fingerprint density at radius 1 is 1.08 bits per heavy atom. The van der Waals surface area contributed by atoms with Gasteiger partial charge in [0.1, 0.15) is 5.82 Å². The predicted octanol–water partition coefficient (Wildman–Crippen LogP) is 2.92. The molecule has 0 atom stereocenters. The Labute approximate surface area is 144 Å². The zero-order chi connectivity index (χ0) is 17.9. The Morgan fingerprint density at radius 3 is 2.48 bits per heavy atom. The van der Waals surface area contributed by atoms with Crippen LogP contribution < -0.4 is 4.72 Å². The highest BCUT2D eigenvalue weighted by atomic mass is 32.2. The van der Waals surface area contributed by atoms with Crippen LogP contribution in [0.25, 0.3) is 11.5 Å². The second-order valence-electron chi connectivity index (χ2n) is 5.30. The van der Waals surface area contributed by atoms with Gasteiger partial charge in [0.2, 0.25) is 15.9 Å². The van der Waals surface area contributed by atoms with Crippen LogP contribution in [-0.2, 0) is 23.0 Å². The molecule has 0 saturated heterocycles. The van der Waals surface area contributed by atoms with Crippen molar-refractivity contribution >= 4 is 10.0 Å². The zero-order valence-corrected chi connectivity index (χ0v) is 14.3. The van der Waals surface area contributed by atoms with Gasteiger partial charge in [-0.05, 0) is 36.2 Å². The molecule has 0 unspecified atom stereocenters. The number of sulfonamides is 1. The van der Waals surface area contributed by atoms with Gasteiger partial charge in [-0.15, -0.1) is 10.2 Å². The predicted molar refractivity (Wildman–Crippen MR) is 89.5 cm³/mol. The maximum atomic E-state index is 13.7. The molecule has 0 aliphatic rings. The first-order valence-electron chi connectivity index (χ1n) is 7.65. The van der Waals surface area contributed by atoms with Gasteiger partial charge in [-0.3, -0.25) is 0 Å². The SMILES string of the molecule is CCc1ccc(S(=O)(=O)NCc2nnc(-c3ccccc3F)o2)cc1. The third-order valence-electron chi connectivity index (χ3n) is 3.63. The van der Waals surface area contributed by atoms with E-state index in [2.05, 4.69) is 14.9 Å². The molecule has 8 heteroatoms. The molecular formula is C17H16FN3O3S. The summed E-state index contributed by atoms with van der Waals surface area (Å²) in [6.07, 6.45) is 0.828. The minimum Gasteiger partial charge on any atom is -0.419 e. The number of hydrogen-bond acceptors (Lipinski definition) is 5. The first kappa shape index (κ1) is 17.2. The van der Waals surface area contributed by atoms with E-state index in [-0.39, 0.29) is 28.8 Å². The van der Waals surface area contributed by atoms with Crippen LogP contribution in [0.3, 0.4) is 0 Å². The van der Waals surface area contributed by atoms with Gasteiger partial charge in [-0.2, -0.15) is 0 Å². The average molecular weight is 361 g/mol. The van der Waals surface area contributed by atoms with Gasteiger partial charge in [0.25, 0.3) is 5.89 Å².